The molecule has 0 heterocycles. The van der Waals surface area contributed by atoms with E-state index in [-0.39, 0.29) is 17.3 Å². The summed E-state index contributed by atoms with van der Waals surface area (Å²) in [6.07, 6.45) is 0.856. The van der Waals surface area contributed by atoms with E-state index in [9.17, 15) is 8.42 Å². The number of nitriles is 1. The lowest BCUT2D eigenvalue weighted by molar-refractivity contribution is 0.145. The van der Waals surface area contributed by atoms with Crippen LogP contribution in [0.15, 0.2) is 29.2 Å². The van der Waals surface area contributed by atoms with Gasteiger partial charge in [-0.15, -0.1) is 0 Å². The summed E-state index contributed by atoms with van der Waals surface area (Å²) in [7, 11) is -3.34. The monoisotopic (exact) mass is 310 g/mol. The maximum absolute atomic E-state index is 12.0. The van der Waals surface area contributed by atoms with Gasteiger partial charge in [0.15, 0.2) is 9.84 Å². The molecule has 0 fully saturated rings. The zero-order valence-corrected chi connectivity index (χ0v) is 13.3. The largest absolute Gasteiger partial charge is 0.380 e. The molecule has 0 atom stereocenters. The van der Waals surface area contributed by atoms with Crippen LogP contribution in [0, 0.1) is 11.3 Å². The molecule has 0 amide bonds. The molecular formula is C15H22N2O3S. The zero-order valence-electron chi connectivity index (χ0n) is 12.5. The summed E-state index contributed by atoms with van der Waals surface area (Å²) < 4.78 is 29.4. The third-order valence-corrected chi connectivity index (χ3v) is 4.55. The Balaban J connectivity index is 2.31. The molecule has 0 saturated heterocycles. The molecule has 0 bridgehead atoms. The zero-order chi connectivity index (χ0) is 15.7. The first kappa shape index (κ1) is 17.6. The SMILES string of the molecule is CC(C)NCCCOCCS(=O)(=O)c1ccc(C#N)cc1. The molecule has 1 rings (SSSR count). The molecule has 0 aliphatic heterocycles. The maximum Gasteiger partial charge on any atom is 0.180 e. The number of sulfone groups is 1. The van der Waals surface area contributed by atoms with Crippen LogP contribution in [-0.2, 0) is 14.6 Å². The average Bonchev–Trinajstić information content (AvgIpc) is 2.46. The van der Waals surface area contributed by atoms with Gasteiger partial charge >= 0.3 is 0 Å². The highest BCUT2D eigenvalue weighted by molar-refractivity contribution is 7.91. The Hall–Kier alpha value is -1.42. The van der Waals surface area contributed by atoms with Gasteiger partial charge in [0.1, 0.15) is 0 Å². The first-order chi connectivity index (χ1) is 9.95. The van der Waals surface area contributed by atoms with Crippen LogP contribution >= 0.6 is 0 Å². The van der Waals surface area contributed by atoms with Crippen LogP contribution in [0.4, 0.5) is 0 Å². The fourth-order valence-corrected chi connectivity index (χ4v) is 2.81. The first-order valence-corrected chi connectivity index (χ1v) is 8.65. The lowest BCUT2D eigenvalue weighted by Gasteiger charge is -2.08. The summed E-state index contributed by atoms with van der Waals surface area (Å²) in [5.41, 5.74) is 0.447. The summed E-state index contributed by atoms with van der Waals surface area (Å²) >= 11 is 0. The lowest BCUT2D eigenvalue weighted by Crippen LogP contribution is -2.24. The second-order valence-electron chi connectivity index (χ2n) is 5.03. The first-order valence-electron chi connectivity index (χ1n) is 7.00. The summed E-state index contributed by atoms with van der Waals surface area (Å²) in [4.78, 5) is 0.228. The molecule has 0 aromatic heterocycles. The summed E-state index contributed by atoms with van der Waals surface area (Å²) in [6.45, 7) is 5.74. The number of hydrogen-bond donors (Lipinski definition) is 1. The van der Waals surface area contributed by atoms with E-state index in [1.165, 1.54) is 24.3 Å². The van der Waals surface area contributed by atoms with E-state index in [2.05, 4.69) is 19.2 Å². The van der Waals surface area contributed by atoms with Crippen LogP contribution in [0.3, 0.4) is 0 Å². The van der Waals surface area contributed by atoms with Gasteiger partial charge in [-0.05, 0) is 37.2 Å². The summed E-state index contributed by atoms with van der Waals surface area (Å²) in [5, 5.41) is 11.9. The predicted molar refractivity (Wildman–Crippen MR) is 81.8 cm³/mol. The molecule has 0 saturated carbocycles. The standard InChI is InChI=1S/C15H22N2O3S/c1-13(2)17-8-3-9-20-10-11-21(18,19)15-6-4-14(12-16)5-7-15/h4-7,13,17H,3,8-11H2,1-2H3. The predicted octanol–water partition coefficient (Wildman–Crippen LogP) is 1.74. The van der Waals surface area contributed by atoms with E-state index < -0.39 is 9.84 Å². The number of nitrogens with one attached hydrogen (secondary N) is 1. The van der Waals surface area contributed by atoms with E-state index >= 15 is 0 Å². The summed E-state index contributed by atoms with van der Waals surface area (Å²) in [5.74, 6) is -0.0451. The highest BCUT2D eigenvalue weighted by Gasteiger charge is 2.13. The third-order valence-electron chi connectivity index (χ3n) is 2.86. The second-order valence-corrected chi connectivity index (χ2v) is 7.14. The smallest absolute Gasteiger partial charge is 0.180 e. The van der Waals surface area contributed by atoms with Crippen molar-refractivity contribution in [1.29, 1.82) is 5.26 Å². The number of benzene rings is 1. The van der Waals surface area contributed by atoms with Crippen molar-refractivity contribution >= 4 is 9.84 Å². The van der Waals surface area contributed by atoms with Crippen LogP contribution in [0.5, 0.6) is 0 Å². The molecule has 0 radical (unpaired) electrons. The Kier molecular flexibility index (Phi) is 7.37. The van der Waals surface area contributed by atoms with Crippen molar-refractivity contribution in [3.8, 4) is 6.07 Å². The number of nitrogens with zero attached hydrogens (tertiary/aromatic N) is 1. The van der Waals surface area contributed by atoms with E-state index in [4.69, 9.17) is 10.00 Å². The number of hydrogen-bond acceptors (Lipinski definition) is 5. The minimum absolute atomic E-state index is 0.0451. The molecule has 0 spiro atoms. The molecular weight excluding hydrogens is 288 g/mol. The molecule has 1 aromatic rings. The van der Waals surface area contributed by atoms with E-state index in [0.717, 1.165) is 13.0 Å². The van der Waals surface area contributed by atoms with Crippen molar-refractivity contribution in [2.45, 2.75) is 31.2 Å². The number of rotatable bonds is 9. The molecule has 1 aromatic carbocycles. The van der Waals surface area contributed by atoms with Gasteiger partial charge in [0.2, 0.25) is 0 Å². The fourth-order valence-electron chi connectivity index (χ4n) is 1.69. The maximum atomic E-state index is 12.0. The minimum Gasteiger partial charge on any atom is -0.380 e. The van der Waals surface area contributed by atoms with E-state index in [1.54, 1.807) is 0 Å². The third kappa shape index (κ3) is 6.71. The van der Waals surface area contributed by atoms with Crippen molar-refractivity contribution in [1.82, 2.24) is 5.32 Å². The van der Waals surface area contributed by atoms with Gasteiger partial charge in [-0.3, -0.25) is 0 Å². The quantitative estimate of drug-likeness (QED) is 0.703. The molecule has 6 heteroatoms. The fraction of sp³-hybridized carbons (Fsp3) is 0.533. The Morgan fingerprint density at radius 1 is 1.24 bits per heavy atom. The molecule has 0 unspecified atom stereocenters. The van der Waals surface area contributed by atoms with Crippen molar-refractivity contribution in [3.63, 3.8) is 0 Å². The Morgan fingerprint density at radius 2 is 1.90 bits per heavy atom. The van der Waals surface area contributed by atoms with Crippen molar-refractivity contribution in [2.75, 3.05) is 25.5 Å². The highest BCUT2D eigenvalue weighted by Crippen LogP contribution is 2.12. The second kappa shape index (κ2) is 8.78. The molecule has 1 N–H and O–H groups in total. The molecule has 0 aliphatic carbocycles. The van der Waals surface area contributed by atoms with Gasteiger partial charge in [-0.1, -0.05) is 13.8 Å². The van der Waals surface area contributed by atoms with Gasteiger partial charge in [0, 0.05) is 12.6 Å². The topological polar surface area (TPSA) is 79.2 Å². The van der Waals surface area contributed by atoms with Gasteiger partial charge in [0.05, 0.1) is 28.9 Å². The van der Waals surface area contributed by atoms with Crippen LogP contribution in [0.2, 0.25) is 0 Å². The molecule has 21 heavy (non-hydrogen) atoms. The van der Waals surface area contributed by atoms with Gasteiger partial charge in [0.25, 0.3) is 0 Å². The Bertz CT molecular complexity index is 560. The summed E-state index contributed by atoms with van der Waals surface area (Å²) in [6, 6.07) is 8.33. The normalized spacial score (nSPS) is 11.5. The van der Waals surface area contributed by atoms with Crippen molar-refractivity contribution < 1.29 is 13.2 Å². The minimum atomic E-state index is -3.34. The van der Waals surface area contributed by atoms with Crippen LogP contribution in [0.1, 0.15) is 25.8 Å². The van der Waals surface area contributed by atoms with Crippen LogP contribution in [0.25, 0.3) is 0 Å². The average molecular weight is 310 g/mol. The molecule has 0 aliphatic rings. The van der Waals surface area contributed by atoms with E-state index in [1.807, 2.05) is 6.07 Å². The van der Waals surface area contributed by atoms with Gasteiger partial charge in [-0.25, -0.2) is 8.42 Å². The molecule has 5 nitrogen and oxygen atoms in total. The lowest BCUT2D eigenvalue weighted by atomic mass is 10.2. The Labute approximate surface area is 126 Å². The number of ether oxygens (including phenoxy) is 1. The highest BCUT2D eigenvalue weighted by atomic mass is 32.2. The van der Waals surface area contributed by atoms with Gasteiger partial charge < -0.3 is 10.1 Å². The van der Waals surface area contributed by atoms with Crippen molar-refractivity contribution in [3.05, 3.63) is 29.8 Å². The Morgan fingerprint density at radius 3 is 2.48 bits per heavy atom. The van der Waals surface area contributed by atoms with E-state index in [0.29, 0.717) is 18.2 Å². The van der Waals surface area contributed by atoms with Crippen LogP contribution in [-0.4, -0.2) is 40.0 Å². The van der Waals surface area contributed by atoms with Gasteiger partial charge in [-0.2, -0.15) is 5.26 Å². The molecule has 116 valence electrons. The van der Waals surface area contributed by atoms with Crippen LogP contribution < -0.4 is 5.32 Å². The van der Waals surface area contributed by atoms with Crippen molar-refractivity contribution in [2.24, 2.45) is 0 Å².